The molecule has 25 heavy (non-hydrogen) atoms. The fourth-order valence-electron chi connectivity index (χ4n) is 3.35. The lowest BCUT2D eigenvalue weighted by atomic mass is 10.1. The van der Waals surface area contributed by atoms with Crippen molar-refractivity contribution in [3.63, 3.8) is 0 Å². The molecule has 0 radical (unpaired) electrons. The van der Waals surface area contributed by atoms with E-state index < -0.39 is 0 Å². The molecule has 1 fully saturated rings. The molecular formula is C20H26ClN3O+2. The maximum Gasteiger partial charge on any atom is 0.279 e. The smallest absolute Gasteiger partial charge is 0.279 e. The molecule has 2 aromatic rings. The number of amides is 1. The van der Waals surface area contributed by atoms with E-state index in [0.717, 1.165) is 38.4 Å². The minimum absolute atomic E-state index is 0.0691. The number of piperazine rings is 1. The van der Waals surface area contributed by atoms with Crippen LogP contribution in [-0.4, -0.2) is 38.6 Å². The van der Waals surface area contributed by atoms with Gasteiger partial charge in [-0.25, -0.2) is 0 Å². The van der Waals surface area contributed by atoms with Gasteiger partial charge >= 0.3 is 0 Å². The minimum atomic E-state index is 0.0691. The number of halogens is 1. The highest BCUT2D eigenvalue weighted by molar-refractivity contribution is 6.30. The van der Waals surface area contributed by atoms with Gasteiger partial charge in [-0.2, -0.15) is 0 Å². The van der Waals surface area contributed by atoms with Crippen molar-refractivity contribution >= 4 is 23.2 Å². The Balaban J connectivity index is 1.43. The number of carbonyl (C=O) groups excluding carboxylic acids is 1. The predicted molar refractivity (Wildman–Crippen MR) is 101 cm³/mol. The lowest BCUT2D eigenvalue weighted by molar-refractivity contribution is -1.02. The van der Waals surface area contributed by atoms with Gasteiger partial charge in [0.2, 0.25) is 0 Å². The van der Waals surface area contributed by atoms with Crippen LogP contribution in [0.3, 0.4) is 0 Å². The molecule has 1 heterocycles. The lowest BCUT2D eigenvalue weighted by Gasteiger charge is -2.29. The molecule has 0 saturated carbocycles. The second kappa shape index (κ2) is 8.48. The van der Waals surface area contributed by atoms with Gasteiger partial charge in [0.05, 0.1) is 0 Å². The Kier molecular flexibility index (Phi) is 6.08. The van der Waals surface area contributed by atoms with Crippen LogP contribution < -0.4 is 15.1 Å². The van der Waals surface area contributed by atoms with Crippen LogP contribution in [0.5, 0.6) is 0 Å². The largest absolute Gasteiger partial charge is 0.322 e. The minimum Gasteiger partial charge on any atom is -0.322 e. The highest BCUT2D eigenvalue weighted by atomic mass is 35.5. The maximum absolute atomic E-state index is 12.2. The van der Waals surface area contributed by atoms with Crippen molar-refractivity contribution in [1.29, 1.82) is 0 Å². The SMILES string of the molecule is Cc1ccccc1C[NH+]1CC[NH+](CC(=O)Nc2ccc(Cl)cc2)CC1. The number of anilines is 1. The molecule has 0 aromatic heterocycles. The summed E-state index contributed by atoms with van der Waals surface area (Å²) in [4.78, 5) is 15.2. The van der Waals surface area contributed by atoms with Gasteiger partial charge in [-0.05, 0) is 36.8 Å². The van der Waals surface area contributed by atoms with E-state index in [2.05, 4.69) is 36.5 Å². The van der Waals surface area contributed by atoms with Crippen LogP contribution in [0.1, 0.15) is 11.1 Å². The second-order valence-corrected chi connectivity index (χ2v) is 7.27. The molecule has 0 unspecified atom stereocenters. The monoisotopic (exact) mass is 359 g/mol. The van der Waals surface area contributed by atoms with Crippen molar-refractivity contribution in [3.8, 4) is 0 Å². The summed E-state index contributed by atoms with van der Waals surface area (Å²) in [6, 6.07) is 15.9. The molecule has 1 amide bonds. The Hall–Kier alpha value is -1.88. The quantitative estimate of drug-likeness (QED) is 0.717. The zero-order valence-electron chi connectivity index (χ0n) is 14.6. The van der Waals surface area contributed by atoms with E-state index in [1.165, 1.54) is 16.0 Å². The molecule has 1 saturated heterocycles. The maximum atomic E-state index is 12.2. The highest BCUT2D eigenvalue weighted by Gasteiger charge is 2.25. The van der Waals surface area contributed by atoms with Crippen LogP contribution in [0.25, 0.3) is 0 Å². The van der Waals surface area contributed by atoms with Gasteiger partial charge in [0, 0.05) is 16.3 Å². The first kappa shape index (κ1) is 17.9. The molecule has 2 aromatic carbocycles. The van der Waals surface area contributed by atoms with Crippen molar-refractivity contribution in [2.24, 2.45) is 0 Å². The van der Waals surface area contributed by atoms with E-state index in [-0.39, 0.29) is 5.91 Å². The lowest BCUT2D eigenvalue weighted by Crippen LogP contribution is -3.28. The molecule has 0 spiro atoms. The van der Waals surface area contributed by atoms with E-state index >= 15 is 0 Å². The van der Waals surface area contributed by atoms with Gasteiger partial charge in [0.15, 0.2) is 6.54 Å². The number of rotatable bonds is 5. The Morgan fingerprint density at radius 2 is 1.64 bits per heavy atom. The molecule has 0 bridgehead atoms. The van der Waals surface area contributed by atoms with E-state index in [9.17, 15) is 4.79 Å². The van der Waals surface area contributed by atoms with Crippen LogP contribution in [0.15, 0.2) is 48.5 Å². The zero-order chi connectivity index (χ0) is 17.6. The first-order valence-electron chi connectivity index (χ1n) is 8.87. The summed E-state index contributed by atoms with van der Waals surface area (Å²) < 4.78 is 0. The summed E-state index contributed by atoms with van der Waals surface area (Å²) in [6.07, 6.45) is 0. The summed E-state index contributed by atoms with van der Waals surface area (Å²) in [5.74, 6) is 0.0691. The number of benzene rings is 2. The average Bonchev–Trinajstić information content (AvgIpc) is 2.61. The third-order valence-electron chi connectivity index (χ3n) is 4.90. The Morgan fingerprint density at radius 3 is 2.32 bits per heavy atom. The zero-order valence-corrected chi connectivity index (χ0v) is 15.4. The number of quaternary nitrogens is 2. The van der Waals surface area contributed by atoms with Crippen molar-refractivity contribution in [3.05, 3.63) is 64.7 Å². The van der Waals surface area contributed by atoms with Crippen LogP contribution in [0, 0.1) is 6.92 Å². The molecule has 3 rings (SSSR count). The molecule has 5 heteroatoms. The Labute approximate surface area is 154 Å². The van der Waals surface area contributed by atoms with Gasteiger partial charge in [0.1, 0.15) is 32.7 Å². The second-order valence-electron chi connectivity index (χ2n) is 6.84. The number of nitrogens with one attached hydrogen (secondary N) is 3. The Bertz CT molecular complexity index is 709. The number of hydrogen-bond acceptors (Lipinski definition) is 1. The van der Waals surface area contributed by atoms with Gasteiger partial charge < -0.3 is 15.1 Å². The van der Waals surface area contributed by atoms with Crippen LogP contribution in [0.4, 0.5) is 5.69 Å². The van der Waals surface area contributed by atoms with Gasteiger partial charge in [0.25, 0.3) is 5.91 Å². The van der Waals surface area contributed by atoms with Crippen LogP contribution in [-0.2, 0) is 11.3 Å². The summed E-state index contributed by atoms with van der Waals surface area (Å²) in [5, 5.41) is 3.63. The molecule has 3 N–H and O–H groups in total. The van der Waals surface area contributed by atoms with Gasteiger partial charge in [-0.1, -0.05) is 35.9 Å². The van der Waals surface area contributed by atoms with Crippen LogP contribution >= 0.6 is 11.6 Å². The van der Waals surface area contributed by atoms with Crippen molar-refractivity contribution in [2.45, 2.75) is 13.5 Å². The summed E-state index contributed by atoms with van der Waals surface area (Å²) in [6.45, 7) is 8.08. The summed E-state index contributed by atoms with van der Waals surface area (Å²) in [7, 11) is 0. The van der Waals surface area contributed by atoms with Crippen molar-refractivity contribution < 1.29 is 14.6 Å². The standard InChI is InChI=1S/C20H24ClN3O/c1-16-4-2-3-5-17(16)14-23-10-12-24(13-11-23)15-20(25)22-19-8-6-18(21)7-9-19/h2-9H,10-15H2,1H3,(H,22,25)/p+2. The van der Waals surface area contributed by atoms with E-state index in [1.807, 2.05) is 12.1 Å². The number of hydrogen-bond donors (Lipinski definition) is 3. The molecule has 1 aliphatic heterocycles. The topological polar surface area (TPSA) is 38.0 Å². The van der Waals surface area contributed by atoms with Gasteiger partial charge in [-0.15, -0.1) is 0 Å². The summed E-state index contributed by atoms with van der Waals surface area (Å²) >= 11 is 5.87. The highest BCUT2D eigenvalue weighted by Crippen LogP contribution is 2.12. The average molecular weight is 360 g/mol. The molecule has 0 atom stereocenters. The molecule has 1 aliphatic rings. The molecule has 132 valence electrons. The van der Waals surface area contributed by atoms with Gasteiger partial charge in [-0.3, -0.25) is 4.79 Å². The van der Waals surface area contributed by atoms with E-state index in [0.29, 0.717) is 11.6 Å². The first-order chi connectivity index (χ1) is 12.1. The fraction of sp³-hybridized carbons (Fsp3) is 0.350. The number of carbonyl (C=O) groups is 1. The third-order valence-corrected chi connectivity index (χ3v) is 5.16. The van der Waals surface area contributed by atoms with E-state index in [4.69, 9.17) is 11.6 Å². The van der Waals surface area contributed by atoms with Crippen molar-refractivity contribution in [1.82, 2.24) is 0 Å². The predicted octanol–water partition coefficient (Wildman–Crippen LogP) is 0.571. The number of aryl methyl sites for hydroxylation is 1. The fourth-order valence-corrected chi connectivity index (χ4v) is 3.48. The normalized spacial score (nSPS) is 20.2. The molecule has 4 nitrogen and oxygen atoms in total. The van der Waals surface area contributed by atoms with Crippen molar-refractivity contribution in [2.75, 3.05) is 38.0 Å². The molecule has 0 aliphatic carbocycles. The first-order valence-corrected chi connectivity index (χ1v) is 9.25. The molecular weight excluding hydrogens is 334 g/mol. The summed E-state index contributed by atoms with van der Waals surface area (Å²) in [5.41, 5.74) is 3.60. The third kappa shape index (κ3) is 5.30. The Morgan fingerprint density at radius 1 is 1.00 bits per heavy atom. The van der Waals surface area contributed by atoms with E-state index in [1.54, 1.807) is 17.0 Å². The van der Waals surface area contributed by atoms with Crippen LogP contribution in [0.2, 0.25) is 5.02 Å².